The number of carboxylic acids is 2. The van der Waals surface area contributed by atoms with Crippen LogP contribution in [-0.2, 0) is 15.1 Å². The van der Waals surface area contributed by atoms with Crippen LogP contribution < -0.4 is 5.32 Å². The molecule has 12 heteroatoms. The van der Waals surface area contributed by atoms with Gasteiger partial charge in [0.25, 0.3) is 5.92 Å². The van der Waals surface area contributed by atoms with Gasteiger partial charge in [0.15, 0.2) is 10.8 Å². The lowest BCUT2D eigenvalue weighted by atomic mass is 9.82. The Morgan fingerprint density at radius 1 is 1.21 bits per heavy atom. The minimum atomic E-state index is -3.27. The Morgan fingerprint density at radius 2 is 1.88 bits per heavy atom. The molecule has 2 aliphatic heterocycles. The minimum Gasteiger partial charge on any atom is -0.480 e. The predicted molar refractivity (Wildman–Crippen MR) is 117 cm³/mol. The summed E-state index contributed by atoms with van der Waals surface area (Å²) in [5, 5.41) is 24.9. The first kappa shape index (κ1) is 23.9. The average Bonchev–Trinajstić information content (AvgIpc) is 3.34. The van der Waals surface area contributed by atoms with Crippen molar-refractivity contribution in [2.24, 2.45) is 4.99 Å². The maximum Gasteiger partial charge on any atom is 0.336 e. The summed E-state index contributed by atoms with van der Waals surface area (Å²) in [4.78, 5) is 34.2. The van der Waals surface area contributed by atoms with Gasteiger partial charge in [-0.3, -0.25) is 9.69 Å². The normalized spacial score (nSPS) is 26.8. The quantitative estimate of drug-likeness (QED) is 0.565. The van der Waals surface area contributed by atoms with Crippen LogP contribution in [0.1, 0.15) is 30.8 Å². The molecule has 0 aliphatic carbocycles. The first-order valence-corrected chi connectivity index (χ1v) is 11.1. The minimum absolute atomic E-state index is 0.00435. The number of hydrogen-bond acceptors (Lipinski definition) is 7. The van der Waals surface area contributed by atoms with Crippen LogP contribution in [-0.4, -0.2) is 62.4 Å². The molecule has 1 aromatic heterocycles. The van der Waals surface area contributed by atoms with Gasteiger partial charge in [-0.05, 0) is 31.5 Å². The predicted octanol–water partition coefficient (Wildman–Crippen LogP) is 3.07. The topological polar surface area (TPSA) is 115 Å². The van der Waals surface area contributed by atoms with Crippen molar-refractivity contribution >= 4 is 29.1 Å². The third-order valence-electron chi connectivity index (χ3n) is 6.18. The van der Waals surface area contributed by atoms with E-state index in [0.717, 1.165) is 4.90 Å². The highest BCUT2D eigenvalue weighted by Gasteiger charge is 2.57. The molecule has 4 rings (SSSR count). The van der Waals surface area contributed by atoms with E-state index in [1.165, 1.54) is 55.6 Å². The number of carboxylic acid groups (broad SMARTS) is 2. The number of likely N-dealkylation sites (tertiary alicyclic amines) is 1. The van der Waals surface area contributed by atoms with E-state index < -0.39 is 54.3 Å². The fourth-order valence-electron chi connectivity index (χ4n) is 4.44. The maximum absolute atomic E-state index is 14.3. The molecular formula is C22H21F3N4O4S. The summed E-state index contributed by atoms with van der Waals surface area (Å²) in [7, 11) is 0. The van der Waals surface area contributed by atoms with Gasteiger partial charge >= 0.3 is 11.9 Å². The lowest BCUT2D eigenvalue weighted by molar-refractivity contribution is -0.148. The van der Waals surface area contributed by atoms with E-state index >= 15 is 0 Å². The van der Waals surface area contributed by atoms with E-state index in [1.807, 2.05) is 0 Å². The standard InChI is InChI=1S/C22H21F3N4O4S/c1-20(19(32)33)10-22(24,25)11-29(20)9-14-15(18(30)31)21(2,12-3-5-13(23)6-4-12)28-16(27-14)17-26-7-8-34-17/h3-8H,9-11H2,1-2H3,(H,27,28)(H,30,31)(H,32,33)/t20-,21+/m0/s1. The molecule has 2 aliphatic rings. The van der Waals surface area contributed by atoms with Gasteiger partial charge in [-0.15, -0.1) is 11.3 Å². The molecule has 2 aromatic rings. The Bertz CT molecular complexity index is 1200. The number of halogens is 3. The Balaban J connectivity index is 1.87. The molecule has 0 spiro atoms. The van der Waals surface area contributed by atoms with E-state index in [2.05, 4.69) is 15.3 Å². The van der Waals surface area contributed by atoms with E-state index in [0.29, 0.717) is 10.6 Å². The van der Waals surface area contributed by atoms with Crippen LogP contribution in [0.15, 0.2) is 52.1 Å². The number of hydrogen-bond donors (Lipinski definition) is 3. The van der Waals surface area contributed by atoms with Crippen LogP contribution in [0.2, 0.25) is 0 Å². The molecule has 180 valence electrons. The van der Waals surface area contributed by atoms with Crippen molar-refractivity contribution in [2.45, 2.75) is 37.3 Å². The number of benzene rings is 1. The number of thiazole rings is 1. The van der Waals surface area contributed by atoms with Crippen LogP contribution in [0.4, 0.5) is 13.2 Å². The second-order valence-corrected chi connectivity index (χ2v) is 9.52. The summed E-state index contributed by atoms with van der Waals surface area (Å²) >= 11 is 1.22. The number of carbonyl (C=O) groups is 2. The average molecular weight is 494 g/mol. The van der Waals surface area contributed by atoms with E-state index in [-0.39, 0.29) is 17.1 Å². The molecule has 0 unspecified atom stereocenters. The van der Waals surface area contributed by atoms with Gasteiger partial charge in [0.2, 0.25) is 0 Å². The zero-order valence-corrected chi connectivity index (χ0v) is 19.0. The molecule has 0 saturated carbocycles. The Labute approximate surface area is 196 Å². The monoisotopic (exact) mass is 494 g/mol. The maximum atomic E-state index is 14.3. The summed E-state index contributed by atoms with van der Waals surface area (Å²) in [6.45, 7) is 1.44. The summed E-state index contributed by atoms with van der Waals surface area (Å²) in [5.74, 6) is -6.40. The molecule has 0 bridgehead atoms. The number of aliphatic imine (C=N–C) groups is 1. The molecule has 1 saturated heterocycles. The third-order valence-corrected chi connectivity index (χ3v) is 6.96. The van der Waals surface area contributed by atoms with Crippen LogP contribution in [0.3, 0.4) is 0 Å². The van der Waals surface area contributed by atoms with E-state index in [9.17, 15) is 33.0 Å². The summed E-state index contributed by atoms with van der Waals surface area (Å²) in [6, 6.07) is 5.14. The Kier molecular flexibility index (Phi) is 5.76. The zero-order chi connectivity index (χ0) is 24.9. The van der Waals surface area contributed by atoms with Crippen molar-refractivity contribution in [3.8, 4) is 0 Å². The van der Waals surface area contributed by atoms with Gasteiger partial charge < -0.3 is 15.5 Å². The largest absolute Gasteiger partial charge is 0.480 e. The lowest BCUT2D eigenvalue weighted by Crippen LogP contribution is -2.51. The first-order chi connectivity index (χ1) is 15.9. The zero-order valence-electron chi connectivity index (χ0n) is 18.2. The van der Waals surface area contributed by atoms with Gasteiger partial charge in [0, 0.05) is 30.2 Å². The van der Waals surface area contributed by atoms with Gasteiger partial charge in [-0.2, -0.15) is 0 Å². The summed E-state index contributed by atoms with van der Waals surface area (Å²) < 4.78 is 42.2. The van der Waals surface area contributed by atoms with Crippen molar-refractivity contribution in [3.05, 3.63) is 63.5 Å². The van der Waals surface area contributed by atoms with Crippen molar-refractivity contribution < 1.29 is 33.0 Å². The van der Waals surface area contributed by atoms with Crippen LogP contribution in [0.25, 0.3) is 0 Å². The number of aliphatic carboxylic acids is 2. The van der Waals surface area contributed by atoms with Crippen molar-refractivity contribution in [2.75, 3.05) is 13.1 Å². The summed E-state index contributed by atoms with van der Waals surface area (Å²) in [6.07, 6.45) is 0.617. The number of rotatable bonds is 6. The van der Waals surface area contributed by atoms with Gasteiger partial charge in [-0.25, -0.2) is 27.9 Å². The molecule has 8 nitrogen and oxygen atoms in total. The highest BCUT2D eigenvalue weighted by Crippen LogP contribution is 2.42. The number of nitrogens with one attached hydrogen (secondary N) is 1. The molecule has 2 atom stereocenters. The second kappa shape index (κ2) is 8.20. The molecular weight excluding hydrogens is 473 g/mol. The SMILES string of the molecule is C[C@]1(c2ccc(F)cc2)N=C(c2nccs2)NC(CN2CC(F)(F)C[C@@]2(C)C(=O)O)=C1C(=O)O. The van der Waals surface area contributed by atoms with E-state index in [1.54, 1.807) is 5.38 Å². The van der Waals surface area contributed by atoms with Crippen molar-refractivity contribution in [1.82, 2.24) is 15.2 Å². The van der Waals surface area contributed by atoms with Crippen LogP contribution >= 0.6 is 11.3 Å². The summed E-state index contributed by atoms with van der Waals surface area (Å²) in [5.41, 5.74) is -3.35. The highest BCUT2D eigenvalue weighted by molar-refractivity contribution is 7.11. The molecule has 1 aromatic carbocycles. The lowest BCUT2D eigenvalue weighted by Gasteiger charge is -2.37. The second-order valence-electron chi connectivity index (χ2n) is 8.63. The Hall–Kier alpha value is -3.25. The third kappa shape index (κ3) is 4.07. The molecule has 3 N–H and O–H groups in total. The first-order valence-electron chi connectivity index (χ1n) is 10.2. The molecule has 34 heavy (non-hydrogen) atoms. The van der Waals surface area contributed by atoms with Crippen molar-refractivity contribution in [1.29, 1.82) is 0 Å². The van der Waals surface area contributed by atoms with Gasteiger partial charge in [-0.1, -0.05) is 12.1 Å². The van der Waals surface area contributed by atoms with Crippen LogP contribution in [0, 0.1) is 5.82 Å². The molecule has 1 fully saturated rings. The Morgan fingerprint density at radius 3 is 2.44 bits per heavy atom. The van der Waals surface area contributed by atoms with E-state index in [4.69, 9.17) is 0 Å². The van der Waals surface area contributed by atoms with Gasteiger partial charge in [0.05, 0.1) is 12.1 Å². The van der Waals surface area contributed by atoms with Crippen LogP contribution in [0.5, 0.6) is 0 Å². The fraction of sp³-hybridized carbons (Fsp3) is 0.364. The number of amidine groups is 1. The number of alkyl halides is 2. The highest BCUT2D eigenvalue weighted by atomic mass is 32.1. The van der Waals surface area contributed by atoms with Crippen molar-refractivity contribution in [3.63, 3.8) is 0 Å². The smallest absolute Gasteiger partial charge is 0.336 e. The number of aromatic nitrogens is 1. The molecule has 0 radical (unpaired) electrons. The molecule has 0 amide bonds. The fourth-order valence-corrected chi connectivity index (χ4v) is 5.03. The van der Waals surface area contributed by atoms with Gasteiger partial charge in [0.1, 0.15) is 16.9 Å². The molecule has 3 heterocycles. The number of nitrogens with zero attached hydrogens (tertiary/aromatic N) is 3.